The molecule has 36 heavy (non-hydrogen) atoms. The Balaban J connectivity index is 1.32. The molecule has 2 atom stereocenters. The van der Waals surface area contributed by atoms with Crippen LogP contribution in [0.25, 0.3) is 5.65 Å². The quantitative estimate of drug-likeness (QED) is 0.149. The molecule has 3 aromatic heterocycles. The molecule has 186 valence electrons. The third-order valence-corrected chi connectivity index (χ3v) is 8.28. The van der Waals surface area contributed by atoms with E-state index < -0.39 is 29.2 Å². The highest BCUT2D eigenvalue weighted by molar-refractivity contribution is 8.01. The topological polar surface area (TPSA) is 190 Å². The number of β-lactam (4-membered cyclic amide) rings is 1. The van der Waals surface area contributed by atoms with Crippen molar-refractivity contribution in [2.75, 3.05) is 24.3 Å². The predicted molar refractivity (Wildman–Crippen MR) is 131 cm³/mol. The number of amides is 2. The van der Waals surface area contributed by atoms with Crippen molar-refractivity contribution in [3.63, 3.8) is 0 Å². The molecule has 2 aliphatic rings. The molecule has 14 nitrogen and oxygen atoms in total. The first-order valence-electron chi connectivity index (χ1n) is 10.2. The van der Waals surface area contributed by atoms with Gasteiger partial charge < -0.3 is 21.0 Å². The molecular weight excluding hydrogens is 530 g/mol. The van der Waals surface area contributed by atoms with Crippen LogP contribution in [0, 0.1) is 0 Å². The van der Waals surface area contributed by atoms with Crippen molar-refractivity contribution < 1.29 is 24.3 Å². The zero-order valence-electron chi connectivity index (χ0n) is 18.4. The predicted octanol–water partition coefficient (Wildman–Crippen LogP) is 0.0444. The minimum Gasteiger partial charge on any atom is -0.477 e. The van der Waals surface area contributed by atoms with Gasteiger partial charge in [0, 0.05) is 23.0 Å². The Hall–Kier alpha value is -3.70. The highest BCUT2D eigenvalue weighted by Crippen LogP contribution is 2.41. The second kappa shape index (κ2) is 9.75. The van der Waals surface area contributed by atoms with Crippen LogP contribution in [-0.2, 0) is 19.2 Å². The molecule has 3 aromatic rings. The Morgan fingerprint density at radius 3 is 2.97 bits per heavy atom. The number of aliphatic carboxylic acids is 1. The first kappa shape index (κ1) is 24.0. The number of anilines is 1. The van der Waals surface area contributed by atoms with E-state index in [9.17, 15) is 19.5 Å². The van der Waals surface area contributed by atoms with Gasteiger partial charge in [-0.05, 0) is 17.7 Å². The molecule has 2 aliphatic heterocycles. The number of hydrogen-bond acceptors (Lipinski definition) is 13. The largest absolute Gasteiger partial charge is 0.477 e. The Bertz CT molecular complexity index is 1430. The van der Waals surface area contributed by atoms with E-state index in [4.69, 9.17) is 10.6 Å². The fourth-order valence-electron chi connectivity index (χ4n) is 3.71. The first-order chi connectivity index (χ1) is 17.4. The Morgan fingerprint density at radius 1 is 1.42 bits per heavy atom. The van der Waals surface area contributed by atoms with Gasteiger partial charge in [-0.3, -0.25) is 18.9 Å². The number of nitrogens with zero attached hydrogens (tertiary/aromatic N) is 7. The number of oxime groups is 1. The fourth-order valence-corrected chi connectivity index (χ4v) is 6.64. The molecule has 0 unspecified atom stereocenters. The average molecular weight is 548 g/mol. The minimum atomic E-state index is -1.21. The molecule has 5 rings (SSSR count). The van der Waals surface area contributed by atoms with E-state index in [1.54, 1.807) is 10.7 Å². The normalized spacial score (nSPS) is 19.8. The van der Waals surface area contributed by atoms with Crippen molar-refractivity contribution in [2.45, 2.75) is 16.4 Å². The molecular formula is C19H17N9O5S3. The number of nitrogens with two attached hydrogens (primary N) is 1. The molecule has 0 bridgehead atoms. The molecule has 4 N–H and O–H groups in total. The maximum atomic E-state index is 13.0. The van der Waals surface area contributed by atoms with Gasteiger partial charge in [0.1, 0.15) is 30.5 Å². The standard InChI is InChI=1S/C19H17N9O5S3/c1-33-25-11(14-23-19(20)36-26-14)15(29)22-12-16(30)28-13(18(31)32)8(6-35-17(12)28)5-34-10-4-2-3-9-24-21-7-27(9)10/h2-4,7,12,17H,5-6H2,1H3,(H,22,29)(H,31,32)(H2,20,23,26)/b25-11-/t12-,17-/m1/s1. The van der Waals surface area contributed by atoms with Gasteiger partial charge >= 0.3 is 5.97 Å². The van der Waals surface area contributed by atoms with Gasteiger partial charge in [-0.2, -0.15) is 9.36 Å². The van der Waals surface area contributed by atoms with Crippen LogP contribution in [0.3, 0.4) is 0 Å². The van der Waals surface area contributed by atoms with E-state index in [-0.39, 0.29) is 22.4 Å². The van der Waals surface area contributed by atoms with Gasteiger partial charge in [-0.1, -0.05) is 11.2 Å². The van der Waals surface area contributed by atoms with Gasteiger partial charge in [0.25, 0.3) is 11.8 Å². The fraction of sp³-hybridized carbons (Fsp3) is 0.263. The van der Waals surface area contributed by atoms with Gasteiger partial charge in [-0.25, -0.2) is 4.79 Å². The highest BCUT2D eigenvalue weighted by atomic mass is 32.2. The third-order valence-electron chi connectivity index (χ3n) is 5.28. The Kier molecular flexibility index (Phi) is 6.50. The maximum absolute atomic E-state index is 13.0. The van der Waals surface area contributed by atoms with Crippen molar-refractivity contribution in [3.05, 3.63) is 41.6 Å². The number of carboxylic acids is 1. The summed E-state index contributed by atoms with van der Waals surface area (Å²) in [6, 6.07) is 4.59. The number of carbonyl (C=O) groups excluding carboxylic acids is 2. The Labute approximate surface area is 215 Å². The van der Waals surface area contributed by atoms with Crippen LogP contribution < -0.4 is 11.1 Å². The molecule has 0 aliphatic carbocycles. The summed E-state index contributed by atoms with van der Waals surface area (Å²) in [5.41, 5.74) is 6.54. The zero-order valence-corrected chi connectivity index (χ0v) is 20.8. The lowest BCUT2D eigenvalue weighted by Crippen LogP contribution is -2.71. The molecule has 1 saturated heterocycles. The van der Waals surface area contributed by atoms with E-state index in [2.05, 4.69) is 30.0 Å². The highest BCUT2D eigenvalue weighted by Gasteiger charge is 2.54. The van der Waals surface area contributed by atoms with Crippen LogP contribution in [0.2, 0.25) is 0 Å². The maximum Gasteiger partial charge on any atom is 0.352 e. The second-order valence-electron chi connectivity index (χ2n) is 7.41. The van der Waals surface area contributed by atoms with Crippen molar-refractivity contribution >= 4 is 69.3 Å². The van der Waals surface area contributed by atoms with E-state index in [1.165, 1.54) is 35.5 Å². The first-order valence-corrected chi connectivity index (χ1v) is 13.0. The van der Waals surface area contributed by atoms with E-state index >= 15 is 0 Å². The number of rotatable bonds is 8. The lowest BCUT2D eigenvalue weighted by molar-refractivity contribution is -0.150. The van der Waals surface area contributed by atoms with Crippen molar-refractivity contribution in [1.82, 2.24) is 34.2 Å². The summed E-state index contributed by atoms with van der Waals surface area (Å²) in [6.07, 6.45) is 1.58. The summed E-state index contributed by atoms with van der Waals surface area (Å²) in [5.74, 6) is -1.80. The number of aromatic nitrogens is 5. The number of nitrogens with one attached hydrogen (secondary N) is 1. The summed E-state index contributed by atoms with van der Waals surface area (Å²) in [5, 5.41) is 24.4. The Morgan fingerprint density at radius 2 is 2.25 bits per heavy atom. The molecule has 17 heteroatoms. The molecule has 0 aromatic carbocycles. The van der Waals surface area contributed by atoms with Crippen LogP contribution in [0.15, 0.2) is 46.0 Å². The smallest absolute Gasteiger partial charge is 0.352 e. The second-order valence-corrected chi connectivity index (χ2v) is 10.3. The van der Waals surface area contributed by atoms with E-state index in [0.29, 0.717) is 22.7 Å². The summed E-state index contributed by atoms with van der Waals surface area (Å²) in [4.78, 5) is 47.8. The molecule has 0 saturated carbocycles. The third kappa shape index (κ3) is 4.24. The lowest BCUT2D eigenvalue weighted by Gasteiger charge is -2.49. The van der Waals surface area contributed by atoms with Crippen molar-refractivity contribution in [1.29, 1.82) is 0 Å². The number of hydrogen-bond donors (Lipinski definition) is 3. The monoisotopic (exact) mass is 547 g/mol. The summed E-state index contributed by atoms with van der Waals surface area (Å²) in [7, 11) is 1.25. The SMILES string of the molecule is CO/N=C(\C(=O)N[C@@H]1C(=O)N2C(C(=O)O)=C(CSc3cccc4nncn34)CS[C@H]12)c1nsc(N)n1. The van der Waals surface area contributed by atoms with Crippen LogP contribution in [-0.4, -0.2) is 87.5 Å². The minimum absolute atomic E-state index is 0.0367. The number of carbonyl (C=O) groups is 3. The molecule has 0 spiro atoms. The summed E-state index contributed by atoms with van der Waals surface area (Å²) < 4.78 is 5.75. The number of fused-ring (bicyclic) bond motifs is 2. The number of pyridine rings is 1. The summed E-state index contributed by atoms with van der Waals surface area (Å²) >= 11 is 3.67. The van der Waals surface area contributed by atoms with Crippen LogP contribution >= 0.6 is 35.1 Å². The molecule has 1 fully saturated rings. The zero-order chi connectivity index (χ0) is 25.4. The van der Waals surface area contributed by atoms with Gasteiger partial charge in [-0.15, -0.1) is 33.7 Å². The van der Waals surface area contributed by atoms with Crippen LogP contribution in [0.4, 0.5) is 5.13 Å². The van der Waals surface area contributed by atoms with Crippen molar-refractivity contribution in [2.24, 2.45) is 5.16 Å². The van der Waals surface area contributed by atoms with Crippen LogP contribution in [0.5, 0.6) is 0 Å². The summed E-state index contributed by atoms with van der Waals surface area (Å²) in [6.45, 7) is 0. The molecule has 0 radical (unpaired) electrons. The van der Waals surface area contributed by atoms with E-state index in [0.717, 1.165) is 16.6 Å². The number of thioether (sulfide) groups is 2. The average Bonchev–Trinajstić information content (AvgIpc) is 3.52. The van der Waals surface area contributed by atoms with Crippen molar-refractivity contribution in [3.8, 4) is 0 Å². The lowest BCUT2D eigenvalue weighted by atomic mass is 10.0. The van der Waals surface area contributed by atoms with Gasteiger partial charge in [0.15, 0.2) is 10.8 Å². The van der Waals surface area contributed by atoms with E-state index in [1.807, 2.05) is 18.2 Å². The van der Waals surface area contributed by atoms with Crippen LogP contribution in [0.1, 0.15) is 5.82 Å². The van der Waals surface area contributed by atoms with Gasteiger partial charge in [0.2, 0.25) is 11.5 Å². The molecule has 2 amide bonds. The number of nitrogen functional groups attached to an aromatic ring is 1. The van der Waals surface area contributed by atoms with Gasteiger partial charge in [0.05, 0.1) is 5.03 Å². The molecule has 5 heterocycles. The number of carboxylic acid groups (broad SMARTS) is 1.